The Kier molecular flexibility index (Phi) is 8.90. The maximum absolute atomic E-state index is 12.7. The lowest BCUT2D eigenvalue weighted by Gasteiger charge is -2.11. The lowest BCUT2D eigenvalue weighted by atomic mass is 10.0. The van der Waals surface area contributed by atoms with Crippen LogP contribution in [0.4, 0.5) is 11.4 Å². The molecule has 0 bridgehead atoms. The van der Waals surface area contributed by atoms with E-state index in [1.54, 1.807) is 31.2 Å². The number of amides is 1. The molecule has 0 saturated heterocycles. The van der Waals surface area contributed by atoms with Gasteiger partial charge in [0, 0.05) is 5.69 Å². The molecular formula is C30H28N2O7. The Balaban J connectivity index is 1.30. The van der Waals surface area contributed by atoms with Gasteiger partial charge in [-0.05, 0) is 84.1 Å². The smallest absolute Gasteiger partial charge is 0.336 e. The number of hydrogen-bond donors (Lipinski definition) is 5. The van der Waals surface area contributed by atoms with Crippen LogP contribution >= 0.6 is 0 Å². The van der Waals surface area contributed by atoms with Crippen LogP contribution in [0.5, 0.6) is 5.75 Å². The quantitative estimate of drug-likeness (QED) is 0.122. The van der Waals surface area contributed by atoms with Crippen molar-refractivity contribution in [2.45, 2.75) is 26.6 Å². The standard InChI is InChI=1S/C30H28N2O7/c1-19-2-13-27(28(14-19)30(35)36)29(34)31-24-8-3-20(4-9-24)15-21-5-10-25(11-6-21)32-38-17-22-7-12-26(33)16-23(22)18-39-37/h2-14,16,32-33,37H,15,17-18H2,1H3,(H,31,34)(H,35,36). The van der Waals surface area contributed by atoms with E-state index >= 15 is 0 Å². The highest BCUT2D eigenvalue weighted by Crippen LogP contribution is 2.20. The van der Waals surface area contributed by atoms with Gasteiger partial charge in [-0.1, -0.05) is 42.0 Å². The number of carboxylic acid groups (broad SMARTS) is 1. The molecule has 39 heavy (non-hydrogen) atoms. The number of aromatic hydroxyl groups is 1. The van der Waals surface area contributed by atoms with Crippen molar-refractivity contribution < 1.29 is 34.8 Å². The Labute approximate surface area is 225 Å². The molecule has 0 saturated carbocycles. The van der Waals surface area contributed by atoms with Gasteiger partial charge in [0.15, 0.2) is 0 Å². The van der Waals surface area contributed by atoms with Crippen LogP contribution in [0.2, 0.25) is 0 Å². The highest BCUT2D eigenvalue weighted by molar-refractivity contribution is 6.10. The van der Waals surface area contributed by atoms with Crippen LogP contribution in [0.3, 0.4) is 0 Å². The van der Waals surface area contributed by atoms with E-state index in [1.165, 1.54) is 24.3 Å². The number of aryl methyl sites for hydroxylation is 1. The van der Waals surface area contributed by atoms with E-state index in [0.29, 0.717) is 17.7 Å². The normalized spacial score (nSPS) is 10.7. The number of carbonyl (C=O) groups excluding carboxylic acids is 1. The molecule has 0 fully saturated rings. The topological polar surface area (TPSA) is 137 Å². The van der Waals surface area contributed by atoms with E-state index in [4.69, 9.17) is 10.1 Å². The average molecular weight is 529 g/mol. The molecule has 0 radical (unpaired) electrons. The van der Waals surface area contributed by atoms with Gasteiger partial charge >= 0.3 is 5.97 Å². The van der Waals surface area contributed by atoms with Crippen LogP contribution in [0.1, 0.15) is 48.5 Å². The molecule has 1 amide bonds. The van der Waals surface area contributed by atoms with Gasteiger partial charge in [-0.15, -0.1) is 0 Å². The summed E-state index contributed by atoms with van der Waals surface area (Å²) >= 11 is 0. The van der Waals surface area contributed by atoms with Gasteiger partial charge in [-0.3, -0.25) is 20.4 Å². The van der Waals surface area contributed by atoms with Gasteiger partial charge in [0.2, 0.25) is 0 Å². The number of carboxylic acids is 1. The summed E-state index contributed by atoms with van der Waals surface area (Å²) in [6.07, 6.45) is 0.675. The Morgan fingerprint density at radius 1 is 0.769 bits per heavy atom. The largest absolute Gasteiger partial charge is 0.508 e. The molecule has 0 aliphatic heterocycles. The van der Waals surface area contributed by atoms with Gasteiger partial charge in [0.05, 0.1) is 23.4 Å². The summed E-state index contributed by atoms with van der Waals surface area (Å²) in [6, 6.07) is 24.5. The van der Waals surface area contributed by atoms with Crippen LogP contribution in [-0.4, -0.2) is 27.3 Å². The molecule has 4 aromatic carbocycles. The number of benzene rings is 4. The number of aromatic carboxylic acids is 1. The maximum atomic E-state index is 12.7. The van der Waals surface area contributed by atoms with Crippen LogP contribution in [0.15, 0.2) is 84.9 Å². The van der Waals surface area contributed by atoms with Gasteiger partial charge in [-0.25, -0.2) is 9.68 Å². The minimum absolute atomic E-state index is 0.0335. The highest BCUT2D eigenvalue weighted by Gasteiger charge is 2.17. The lowest BCUT2D eigenvalue weighted by molar-refractivity contribution is -0.253. The molecule has 0 atom stereocenters. The summed E-state index contributed by atoms with van der Waals surface area (Å²) in [6.45, 7) is 1.91. The first-order valence-electron chi connectivity index (χ1n) is 12.1. The molecule has 0 unspecified atom stereocenters. The zero-order valence-electron chi connectivity index (χ0n) is 21.2. The summed E-state index contributed by atoms with van der Waals surface area (Å²) in [7, 11) is 0. The van der Waals surface area contributed by atoms with Crippen LogP contribution in [0.25, 0.3) is 0 Å². The van der Waals surface area contributed by atoms with Gasteiger partial charge in [0.25, 0.3) is 5.91 Å². The predicted octanol–water partition coefficient (Wildman–Crippen LogP) is 5.78. The highest BCUT2D eigenvalue weighted by atomic mass is 17.1. The third-order valence-electron chi connectivity index (χ3n) is 6.05. The number of nitrogens with one attached hydrogen (secondary N) is 2. The average Bonchev–Trinajstić information content (AvgIpc) is 2.92. The van der Waals surface area contributed by atoms with E-state index in [2.05, 4.69) is 15.7 Å². The number of phenolic OH excluding ortho intramolecular Hbond substituents is 1. The number of hydrogen-bond acceptors (Lipinski definition) is 7. The SMILES string of the molecule is Cc1ccc(C(=O)Nc2ccc(Cc3ccc(NOCc4ccc(O)cc4COO)cc3)cc2)c(C(=O)O)c1. The van der Waals surface area contributed by atoms with Crippen molar-refractivity contribution in [2.75, 3.05) is 10.8 Å². The van der Waals surface area contributed by atoms with Crippen molar-refractivity contribution in [1.29, 1.82) is 0 Å². The summed E-state index contributed by atoms with van der Waals surface area (Å²) in [4.78, 5) is 33.9. The van der Waals surface area contributed by atoms with Crippen molar-refractivity contribution in [3.8, 4) is 5.75 Å². The molecule has 9 heteroatoms. The van der Waals surface area contributed by atoms with E-state index < -0.39 is 11.9 Å². The minimum atomic E-state index is -1.15. The first kappa shape index (κ1) is 27.3. The zero-order valence-corrected chi connectivity index (χ0v) is 21.2. The Morgan fingerprint density at radius 3 is 2.08 bits per heavy atom. The molecule has 0 aliphatic rings. The second kappa shape index (κ2) is 12.7. The molecule has 0 aromatic heterocycles. The van der Waals surface area contributed by atoms with Crippen molar-refractivity contribution in [3.05, 3.63) is 124 Å². The fraction of sp³-hybridized carbons (Fsp3) is 0.133. The Bertz CT molecular complexity index is 1450. The molecule has 0 aliphatic carbocycles. The fourth-order valence-corrected chi connectivity index (χ4v) is 4.02. The van der Waals surface area contributed by atoms with Gasteiger partial charge in [0.1, 0.15) is 12.4 Å². The number of carbonyl (C=O) groups is 2. The number of phenols is 1. The van der Waals surface area contributed by atoms with Crippen molar-refractivity contribution in [1.82, 2.24) is 0 Å². The van der Waals surface area contributed by atoms with Crippen LogP contribution < -0.4 is 10.8 Å². The van der Waals surface area contributed by atoms with E-state index in [-0.39, 0.29) is 30.1 Å². The van der Waals surface area contributed by atoms with E-state index in [0.717, 1.165) is 27.9 Å². The third kappa shape index (κ3) is 7.42. The monoisotopic (exact) mass is 528 g/mol. The summed E-state index contributed by atoms with van der Waals surface area (Å²) in [5.41, 5.74) is 8.53. The molecule has 4 rings (SSSR count). The van der Waals surface area contributed by atoms with Gasteiger partial charge in [-0.2, -0.15) is 0 Å². The summed E-state index contributed by atoms with van der Waals surface area (Å²) in [5.74, 6) is -1.55. The summed E-state index contributed by atoms with van der Waals surface area (Å²) in [5, 5.41) is 30.5. The first-order chi connectivity index (χ1) is 18.8. The van der Waals surface area contributed by atoms with Crippen molar-refractivity contribution >= 4 is 23.3 Å². The molecular weight excluding hydrogens is 500 g/mol. The fourth-order valence-electron chi connectivity index (χ4n) is 4.02. The molecule has 5 N–H and O–H groups in total. The third-order valence-corrected chi connectivity index (χ3v) is 6.05. The Morgan fingerprint density at radius 2 is 1.44 bits per heavy atom. The van der Waals surface area contributed by atoms with Crippen LogP contribution in [0, 0.1) is 6.92 Å². The van der Waals surface area contributed by atoms with Crippen molar-refractivity contribution in [2.24, 2.45) is 0 Å². The van der Waals surface area contributed by atoms with E-state index in [9.17, 15) is 19.8 Å². The summed E-state index contributed by atoms with van der Waals surface area (Å²) < 4.78 is 0. The predicted molar refractivity (Wildman–Crippen MR) is 146 cm³/mol. The lowest BCUT2D eigenvalue weighted by Crippen LogP contribution is -2.16. The minimum Gasteiger partial charge on any atom is -0.508 e. The Hall–Kier alpha value is -4.70. The second-order valence-corrected chi connectivity index (χ2v) is 9.00. The number of rotatable bonds is 11. The zero-order chi connectivity index (χ0) is 27.8. The maximum Gasteiger partial charge on any atom is 0.336 e. The van der Waals surface area contributed by atoms with Crippen molar-refractivity contribution in [3.63, 3.8) is 0 Å². The molecule has 4 aromatic rings. The van der Waals surface area contributed by atoms with E-state index in [1.807, 2.05) is 36.4 Å². The van der Waals surface area contributed by atoms with Crippen LogP contribution in [-0.2, 0) is 29.4 Å². The molecule has 200 valence electrons. The molecule has 0 spiro atoms. The first-order valence-corrected chi connectivity index (χ1v) is 12.1. The molecule has 9 nitrogen and oxygen atoms in total. The second-order valence-electron chi connectivity index (χ2n) is 9.00. The van der Waals surface area contributed by atoms with Gasteiger partial charge < -0.3 is 15.5 Å². The molecule has 0 heterocycles. The number of anilines is 2.